The lowest BCUT2D eigenvalue weighted by molar-refractivity contribution is 0.0599. The van der Waals surface area contributed by atoms with E-state index in [1.54, 1.807) is 24.8 Å². The summed E-state index contributed by atoms with van der Waals surface area (Å²) in [4.78, 5) is 15.9. The standard InChI is InChI=1S/C15H14N2O3S/c1-10-13(14(18)19-2)7-12(20-10)9-21-15-16-8-11-5-3-4-6-17(11)15/h3-8H,9H2,1-2H3. The van der Waals surface area contributed by atoms with Crippen molar-refractivity contribution in [3.63, 3.8) is 0 Å². The lowest BCUT2D eigenvalue weighted by Gasteiger charge is -1.99. The Hall–Kier alpha value is -2.21. The zero-order chi connectivity index (χ0) is 14.8. The van der Waals surface area contributed by atoms with Crippen molar-refractivity contribution in [3.8, 4) is 0 Å². The van der Waals surface area contributed by atoms with Crippen LogP contribution in [0.25, 0.3) is 5.52 Å². The van der Waals surface area contributed by atoms with E-state index < -0.39 is 0 Å². The number of aromatic nitrogens is 2. The highest BCUT2D eigenvalue weighted by Crippen LogP contribution is 2.25. The van der Waals surface area contributed by atoms with E-state index in [9.17, 15) is 4.79 Å². The number of furan rings is 1. The molecule has 0 aromatic carbocycles. The zero-order valence-electron chi connectivity index (χ0n) is 11.7. The van der Waals surface area contributed by atoms with Gasteiger partial charge in [-0.3, -0.25) is 4.40 Å². The van der Waals surface area contributed by atoms with Gasteiger partial charge in [0.15, 0.2) is 5.16 Å². The summed E-state index contributed by atoms with van der Waals surface area (Å²) in [6.45, 7) is 1.76. The van der Waals surface area contributed by atoms with E-state index in [0.29, 0.717) is 17.1 Å². The summed E-state index contributed by atoms with van der Waals surface area (Å²) in [5.41, 5.74) is 1.52. The fourth-order valence-electron chi connectivity index (χ4n) is 2.09. The number of ether oxygens (including phenoxy) is 1. The second-order valence-corrected chi connectivity index (χ2v) is 5.44. The first kappa shape index (κ1) is 13.8. The third kappa shape index (κ3) is 2.67. The summed E-state index contributed by atoms with van der Waals surface area (Å²) in [5.74, 6) is 1.53. The largest absolute Gasteiger partial charge is 0.465 e. The molecule has 0 amide bonds. The number of fused-ring (bicyclic) bond motifs is 1. The Morgan fingerprint density at radius 3 is 3.14 bits per heavy atom. The number of pyridine rings is 1. The van der Waals surface area contributed by atoms with Crippen LogP contribution in [0.1, 0.15) is 21.9 Å². The van der Waals surface area contributed by atoms with Gasteiger partial charge in [0.05, 0.1) is 24.6 Å². The number of hydrogen-bond acceptors (Lipinski definition) is 5. The van der Waals surface area contributed by atoms with Crippen molar-refractivity contribution in [1.29, 1.82) is 0 Å². The van der Waals surface area contributed by atoms with E-state index in [-0.39, 0.29) is 5.97 Å². The molecule has 0 aliphatic rings. The molecule has 108 valence electrons. The Bertz CT molecular complexity index is 791. The third-order valence-electron chi connectivity index (χ3n) is 3.12. The highest BCUT2D eigenvalue weighted by Gasteiger charge is 2.15. The van der Waals surface area contributed by atoms with Crippen LogP contribution in [0.2, 0.25) is 0 Å². The van der Waals surface area contributed by atoms with E-state index in [4.69, 9.17) is 9.15 Å². The molecule has 3 aromatic rings. The SMILES string of the molecule is COC(=O)c1cc(CSc2ncc3ccccn23)oc1C. The van der Waals surface area contributed by atoms with Crippen LogP contribution in [0.15, 0.2) is 46.2 Å². The lowest BCUT2D eigenvalue weighted by atomic mass is 10.2. The van der Waals surface area contributed by atoms with E-state index >= 15 is 0 Å². The van der Waals surface area contributed by atoms with Gasteiger partial charge in [0.25, 0.3) is 0 Å². The summed E-state index contributed by atoms with van der Waals surface area (Å²) < 4.78 is 12.3. The fraction of sp³-hybridized carbons (Fsp3) is 0.200. The van der Waals surface area contributed by atoms with Gasteiger partial charge < -0.3 is 9.15 Å². The Morgan fingerprint density at radius 1 is 1.48 bits per heavy atom. The molecule has 0 aliphatic carbocycles. The molecule has 3 rings (SSSR count). The van der Waals surface area contributed by atoms with Gasteiger partial charge in [0.1, 0.15) is 17.1 Å². The Morgan fingerprint density at radius 2 is 2.33 bits per heavy atom. The number of rotatable bonds is 4. The van der Waals surface area contributed by atoms with Crippen molar-refractivity contribution in [1.82, 2.24) is 9.38 Å². The number of carbonyl (C=O) groups excluding carboxylic acids is 1. The molecule has 0 saturated heterocycles. The molecule has 0 bridgehead atoms. The minimum Gasteiger partial charge on any atom is -0.465 e. The van der Waals surface area contributed by atoms with Crippen LogP contribution in [0.5, 0.6) is 0 Å². The molecule has 6 heteroatoms. The molecule has 0 aliphatic heterocycles. The zero-order valence-corrected chi connectivity index (χ0v) is 12.5. The Kier molecular flexibility index (Phi) is 3.70. The summed E-state index contributed by atoms with van der Waals surface area (Å²) in [6, 6.07) is 7.67. The number of thioether (sulfide) groups is 1. The molecule has 0 unspecified atom stereocenters. The maximum atomic E-state index is 11.5. The minimum atomic E-state index is -0.376. The molecule has 0 atom stereocenters. The summed E-state index contributed by atoms with van der Waals surface area (Å²) in [5, 5.41) is 0.888. The molecule has 0 spiro atoms. The van der Waals surface area contributed by atoms with Gasteiger partial charge in [0.2, 0.25) is 0 Å². The Labute approximate surface area is 125 Å². The highest BCUT2D eigenvalue weighted by atomic mass is 32.2. The molecule has 3 heterocycles. The molecule has 3 aromatic heterocycles. The van der Waals surface area contributed by atoms with Crippen LogP contribution in [0, 0.1) is 6.92 Å². The number of imidazole rings is 1. The molecule has 21 heavy (non-hydrogen) atoms. The molecule has 0 N–H and O–H groups in total. The number of aryl methyl sites for hydroxylation is 1. The van der Waals surface area contributed by atoms with Crippen molar-refractivity contribution in [3.05, 3.63) is 53.7 Å². The molecule has 0 fully saturated rings. The lowest BCUT2D eigenvalue weighted by Crippen LogP contribution is -2.00. The van der Waals surface area contributed by atoms with E-state index in [2.05, 4.69) is 4.98 Å². The molecule has 0 saturated carbocycles. The highest BCUT2D eigenvalue weighted by molar-refractivity contribution is 7.98. The van der Waals surface area contributed by atoms with Gasteiger partial charge >= 0.3 is 5.97 Å². The second kappa shape index (κ2) is 5.65. The van der Waals surface area contributed by atoms with Crippen LogP contribution in [-0.4, -0.2) is 22.5 Å². The second-order valence-electron chi connectivity index (χ2n) is 4.50. The van der Waals surface area contributed by atoms with Crippen molar-refractivity contribution in [2.24, 2.45) is 0 Å². The Balaban J connectivity index is 1.77. The number of nitrogens with zero attached hydrogens (tertiary/aromatic N) is 2. The summed E-state index contributed by atoms with van der Waals surface area (Å²) >= 11 is 1.56. The van der Waals surface area contributed by atoms with E-state index in [1.165, 1.54) is 7.11 Å². The van der Waals surface area contributed by atoms with Crippen LogP contribution in [0.4, 0.5) is 0 Å². The molecule has 5 nitrogen and oxygen atoms in total. The summed E-state index contributed by atoms with van der Waals surface area (Å²) in [7, 11) is 1.36. The first-order chi connectivity index (χ1) is 10.2. The number of methoxy groups -OCH3 is 1. The predicted octanol–water partition coefficient (Wildman–Crippen LogP) is 3.31. The van der Waals surface area contributed by atoms with Gasteiger partial charge in [-0.1, -0.05) is 17.8 Å². The van der Waals surface area contributed by atoms with Crippen LogP contribution in [0.3, 0.4) is 0 Å². The molecule has 0 radical (unpaired) electrons. The first-order valence-corrected chi connectivity index (χ1v) is 7.40. The van der Waals surface area contributed by atoms with Crippen molar-refractivity contribution in [2.45, 2.75) is 17.8 Å². The van der Waals surface area contributed by atoms with Gasteiger partial charge in [-0.2, -0.15) is 0 Å². The minimum absolute atomic E-state index is 0.376. The smallest absolute Gasteiger partial charge is 0.341 e. The quantitative estimate of drug-likeness (QED) is 0.546. The molecular formula is C15H14N2O3S. The van der Waals surface area contributed by atoms with Crippen molar-refractivity contribution < 1.29 is 13.9 Å². The first-order valence-electron chi connectivity index (χ1n) is 6.41. The third-order valence-corrected chi connectivity index (χ3v) is 4.11. The summed E-state index contributed by atoms with van der Waals surface area (Å²) in [6.07, 6.45) is 3.80. The maximum Gasteiger partial charge on any atom is 0.341 e. The average molecular weight is 302 g/mol. The molecular weight excluding hydrogens is 288 g/mol. The topological polar surface area (TPSA) is 56.7 Å². The van der Waals surface area contributed by atoms with Gasteiger partial charge in [-0.25, -0.2) is 9.78 Å². The average Bonchev–Trinajstić information content (AvgIpc) is 3.08. The monoisotopic (exact) mass is 302 g/mol. The van der Waals surface area contributed by atoms with Gasteiger partial charge in [0, 0.05) is 6.20 Å². The number of esters is 1. The van der Waals surface area contributed by atoms with Gasteiger partial charge in [-0.05, 0) is 25.1 Å². The van der Waals surface area contributed by atoms with Crippen molar-refractivity contribution in [2.75, 3.05) is 7.11 Å². The maximum absolute atomic E-state index is 11.5. The van der Waals surface area contributed by atoms with Crippen LogP contribution >= 0.6 is 11.8 Å². The predicted molar refractivity (Wildman–Crippen MR) is 79.5 cm³/mol. The normalized spacial score (nSPS) is 11.0. The van der Waals surface area contributed by atoms with Crippen LogP contribution in [-0.2, 0) is 10.5 Å². The number of hydrogen-bond donors (Lipinski definition) is 0. The van der Waals surface area contributed by atoms with Crippen LogP contribution < -0.4 is 0 Å². The van der Waals surface area contributed by atoms with E-state index in [0.717, 1.165) is 16.4 Å². The fourth-order valence-corrected chi connectivity index (χ4v) is 2.94. The van der Waals surface area contributed by atoms with Gasteiger partial charge in [-0.15, -0.1) is 0 Å². The number of carbonyl (C=O) groups is 1. The van der Waals surface area contributed by atoms with E-state index in [1.807, 2.05) is 35.0 Å². The van der Waals surface area contributed by atoms with Crippen molar-refractivity contribution >= 4 is 23.2 Å².